The molecule has 1 rings (SSSR count). The highest BCUT2D eigenvalue weighted by Gasteiger charge is 2.91. The zero-order valence-corrected chi connectivity index (χ0v) is 9.61. The Kier molecular flexibility index (Phi) is 3.94. The van der Waals surface area contributed by atoms with Crippen LogP contribution in [0.4, 0.5) is 57.1 Å². The summed E-state index contributed by atoms with van der Waals surface area (Å²) in [6.07, 6.45) is -10.4. The van der Waals surface area contributed by atoms with Crippen molar-refractivity contribution in [3.63, 3.8) is 0 Å². The SMILES string of the molecule is FC(F)(F)C(F)(F)C(F)(F)C(F)(F)C(F)(F)C(F)(F)[C@@H]1CO1. The van der Waals surface area contributed by atoms with E-state index in [0.717, 1.165) is 0 Å². The molecule has 1 atom stereocenters. The third-order valence-corrected chi connectivity index (χ3v) is 2.70. The summed E-state index contributed by atoms with van der Waals surface area (Å²) in [6, 6.07) is 0. The first-order valence-corrected chi connectivity index (χ1v) is 4.93. The Balaban J connectivity index is 3.37. The van der Waals surface area contributed by atoms with E-state index in [4.69, 9.17) is 0 Å². The maximum Gasteiger partial charge on any atom is 0.460 e. The molecular weight excluding hydrogens is 359 g/mol. The van der Waals surface area contributed by atoms with Crippen molar-refractivity contribution in [3.8, 4) is 0 Å². The summed E-state index contributed by atoms with van der Waals surface area (Å²) in [5.41, 5.74) is 0. The molecule has 0 aliphatic carbocycles. The van der Waals surface area contributed by atoms with Crippen molar-refractivity contribution in [2.75, 3.05) is 6.61 Å². The Labute approximate surface area is 112 Å². The summed E-state index contributed by atoms with van der Waals surface area (Å²) in [7, 11) is 0. The lowest BCUT2D eigenvalue weighted by molar-refractivity contribution is -0.440. The molecule has 0 aromatic carbocycles. The van der Waals surface area contributed by atoms with Crippen LogP contribution in [0.1, 0.15) is 0 Å². The molecule has 1 aliphatic heterocycles. The summed E-state index contributed by atoms with van der Waals surface area (Å²) in [5.74, 6) is -36.6. The lowest BCUT2D eigenvalue weighted by atomic mass is 9.93. The van der Waals surface area contributed by atoms with Crippen LogP contribution in [-0.4, -0.2) is 48.5 Å². The monoisotopic (exact) mass is 362 g/mol. The topological polar surface area (TPSA) is 12.5 Å². The highest BCUT2D eigenvalue weighted by atomic mass is 19.4. The van der Waals surface area contributed by atoms with E-state index in [9.17, 15) is 57.1 Å². The van der Waals surface area contributed by atoms with Crippen molar-refractivity contribution in [1.82, 2.24) is 0 Å². The van der Waals surface area contributed by atoms with Gasteiger partial charge in [-0.1, -0.05) is 0 Å². The van der Waals surface area contributed by atoms with Gasteiger partial charge in [0.1, 0.15) is 0 Å². The Morgan fingerprint density at radius 3 is 1.14 bits per heavy atom. The quantitative estimate of drug-likeness (QED) is 0.530. The molecule has 0 bridgehead atoms. The Morgan fingerprint density at radius 1 is 0.545 bits per heavy atom. The molecule has 1 fully saturated rings. The molecule has 0 aromatic rings. The molecule has 0 radical (unpaired) electrons. The van der Waals surface area contributed by atoms with Crippen LogP contribution in [0.5, 0.6) is 0 Å². The molecule has 0 N–H and O–H groups in total. The summed E-state index contributed by atoms with van der Waals surface area (Å²) in [4.78, 5) is 0. The minimum atomic E-state index is -7.85. The van der Waals surface area contributed by atoms with Gasteiger partial charge in [-0.05, 0) is 0 Å². The van der Waals surface area contributed by atoms with Gasteiger partial charge in [0.15, 0.2) is 6.10 Å². The van der Waals surface area contributed by atoms with Crippen LogP contribution < -0.4 is 0 Å². The third kappa shape index (κ3) is 2.21. The van der Waals surface area contributed by atoms with E-state index in [1.807, 2.05) is 0 Å². The molecule has 0 spiro atoms. The van der Waals surface area contributed by atoms with Gasteiger partial charge in [0.25, 0.3) is 0 Å². The van der Waals surface area contributed by atoms with Gasteiger partial charge in [0.05, 0.1) is 6.61 Å². The van der Waals surface area contributed by atoms with Crippen molar-refractivity contribution in [2.45, 2.75) is 41.9 Å². The van der Waals surface area contributed by atoms with Crippen LogP contribution in [-0.2, 0) is 4.74 Å². The first kappa shape index (κ1) is 19.1. The molecular formula is C8H3F13O. The summed E-state index contributed by atoms with van der Waals surface area (Å²) >= 11 is 0. The molecule has 0 saturated carbocycles. The second kappa shape index (κ2) is 4.54. The van der Waals surface area contributed by atoms with Gasteiger partial charge in [0.2, 0.25) is 0 Å². The van der Waals surface area contributed by atoms with E-state index < -0.39 is 48.5 Å². The van der Waals surface area contributed by atoms with Crippen LogP contribution in [0.2, 0.25) is 0 Å². The van der Waals surface area contributed by atoms with Crippen molar-refractivity contribution >= 4 is 0 Å². The molecule has 1 heterocycles. The fraction of sp³-hybridized carbons (Fsp3) is 1.00. The van der Waals surface area contributed by atoms with Gasteiger partial charge in [-0.3, -0.25) is 0 Å². The van der Waals surface area contributed by atoms with Gasteiger partial charge in [-0.25, -0.2) is 0 Å². The number of alkyl halides is 13. The first-order valence-electron chi connectivity index (χ1n) is 4.93. The number of hydrogen-bond donors (Lipinski definition) is 0. The van der Waals surface area contributed by atoms with E-state index in [1.165, 1.54) is 0 Å². The van der Waals surface area contributed by atoms with Gasteiger partial charge in [-0.15, -0.1) is 0 Å². The molecule has 1 nitrogen and oxygen atoms in total. The maximum atomic E-state index is 12.9. The van der Waals surface area contributed by atoms with Gasteiger partial charge in [-0.2, -0.15) is 57.1 Å². The van der Waals surface area contributed by atoms with E-state index >= 15 is 0 Å². The van der Waals surface area contributed by atoms with Crippen molar-refractivity contribution in [1.29, 1.82) is 0 Å². The average molecular weight is 362 g/mol. The van der Waals surface area contributed by atoms with Crippen molar-refractivity contribution in [3.05, 3.63) is 0 Å². The predicted octanol–water partition coefficient (Wildman–Crippen LogP) is 4.12. The minimum Gasteiger partial charge on any atom is -0.366 e. The van der Waals surface area contributed by atoms with E-state index in [-0.39, 0.29) is 0 Å². The van der Waals surface area contributed by atoms with Gasteiger partial charge in [0, 0.05) is 0 Å². The van der Waals surface area contributed by atoms with Crippen molar-refractivity contribution < 1.29 is 61.8 Å². The molecule has 1 saturated heterocycles. The number of ether oxygens (including phenoxy) is 1. The van der Waals surface area contributed by atoms with Crippen LogP contribution in [0.15, 0.2) is 0 Å². The number of rotatable bonds is 5. The summed E-state index contributed by atoms with van der Waals surface area (Å²) in [6.45, 7) is -1.29. The smallest absolute Gasteiger partial charge is 0.366 e. The Bertz CT molecular complexity index is 432. The molecule has 22 heavy (non-hydrogen) atoms. The van der Waals surface area contributed by atoms with E-state index in [1.54, 1.807) is 0 Å². The Hall–Kier alpha value is -0.950. The second-order valence-electron chi connectivity index (χ2n) is 4.24. The van der Waals surface area contributed by atoms with Gasteiger partial charge < -0.3 is 4.74 Å². The molecule has 132 valence electrons. The molecule has 1 aliphatic rings. The fourth-order valence-electron chi connectivity index (χ4n) is 1.24. The fourth-order valence-corrected chi connectivity index (χ4v) is 1.24. The number of epoxide rings is 1. The zero-order valence-electron chi connectivity index (χ0n) is 9.61. The lowest BCUT2D eigenvalue weighted by Gasteiger charge is -2.39. The number of hydrogen-bond acceptors (Lipinski definition) is 1. The summed E-state index contributed by atoms with van der Waals surface area (Å²) < 4.78 is 166. The standard InChI is InChI=1S/C8H3F13O/c9-3(10,2-1-22-2)4(11,12)5(13,14)6(15,16)7(17,18)8(19,20)21/h2H,1H2/t2-/m0/s1. The highest BCUT2D eigenvalue weighted by molar-refractivity contribution is 5.12. The highest BCUT2D eigenvalue weighted by Crippen LogP contribution is 2.61. The predicted molar refractivity (Wildman–Crippen MR) is 40.5 cm³/mol. The minimum absolute atomic E-state index is 1.29. The van der Waals surface area contributed by atoms with Crippen LogP contribution >= 0.6 is 0 Å². The van der Waals surface area contributed by atoms with Gasteiger partial charge >= 0.3 is 35.8 Å². The third-order valence-electron chi connectivity index (χ3n) is 2.70. The summed E-state index contributed by atoms with van der Waals surface area (Å²) in [5, 5.41) is 0. The largest absolute Gasteiger partial charge is 0.460 e. The zero-order chi connectivity index (χ0) is 18.0. The Morgan fingerprint density at radius 2 is 0.864 bits per heavy atom. The van der Waals surface area contributed by atoms with Crippen LogP contribution in [0, 0.1) is 0 Å². The van der Waals surface area contributed by atoms with Crippen LogP contribution in [0.3, 0.4) is 0 Å². The second-order valence-corrected chi connectivity index (χ2v) is 4.24. The molecule has 0 unspecified atom stereocenters. The molecule has 14 heteroatoms. The average Bonchev–Trinajstić information content (AvgIpc) is 3.09. The van der Waals surface area contributed by atoms with E-state index in [0.29, 0.717) is 0 Å². The normalized spacial score (nSPS) is 22.0. The molecule has 0 aromatic heterocycles. The van der Waals surface area contributed by atoms with Crippen LogP contribution in [0.25, 0.3) is 0 Å². The maximum absolute atomic E-state index is 12.9. The molecule has 0 amide bonds. The first-order chi connectivity index (χ1) is 9.36. The van der Waals surface area contributed by atoms with Crippen molar-refractivity contribution in [2.24, 2.45) is 0 Å². The van der Waals surface area contributed by atoms with E-state index in [2.05, 4.69) is 4.74 Å². The number of halogens is 13. The lowest BCUT2D eigenvalue weighted by Crippen LogP contribution is -2.70.